The van der Waals surface area contributed by atoms with E-state index >= 15 is 0 Å². The van der Waals surface area contributed by atoms with E-state index in [1.165, 1.54) is 13.8 Å². The second kappa shape index (κ2) is 7.51. The molecule has 0 aliphatic carbocycles. The second-order valence-corrected chi connectivity index (χ2v) is 5.57. The fourth-order valence-electron chi connectivity index (χ4n) is 1.68. The first kappa shape index (κ1) is 16.0. The van der Waals surface area contributed by atoms with Crippen LogP contribution < -0.4 is 0 Å². The molecule has 0 bridgehead atoms. The van der Waals surface area contributed by atoms with E-state index in [1.54, 1.807) is 0 Å². The summed E-state index contributed by atoms with van der Waals surface area (Å²) in [5.41, 5.74) is 8.46. The Morgan fingerprint density at radius 1 is 1.47 bits per heavy atom. The summed E-state index contributed by atoms with van der Waals surface area (Å²) in [5.74, 6) is -0.894. The van der Waals surface area contributed by atoms with Crippen molar-refractivity contribution in [1.29, 1.82) is 0 Å². The molecule has 0 unspecified atom stereocenters. The van der Waals surface area contributed by atoms with Crippen LogP contribution in [-0.2, 0) is 23.8 Å². The molecule has 0 aromatic rings. The molecule has 106 valence electrons. The van der Waals surface area contributed by atoms with E-state index < -0.39 is 30.4 Å². The molecule has 0 saturated carbocycles. The zero-order valence-electron chi connectivity index (χ0n) is 10.5. The summed E-state index contributed by atoms with van der Waals surface area (Å²) in [6, 6.07) is 0. The molecule has 0 spiro atoms. The lowest BCUT2D eigenvalue weighted by molar-refractivity contribution is -0.178. The average molecular weight is 383 g/mol. The molecule has 8 nitrogen and oxygen atoms in total. The molecule has 0 N–H and O–H groups in total. The highest BCUT2D eigenvalue weighted by atomic mass is 127. The Bertz CT molecular complexity index is 399. The number of azide groups is 1. The normalized spacial score (nSPS) is 30.1. The molecule has 1 heterocycles. The molecule has 9 heteroatoms. The van der Waals surface area contributed by atoms with Crippen LogP contribution in [0.4, 0.5) is 0 Å². The van der Waals surface area contributed by atoms with Crippen LogP contribution in [0.5, 0.6) is 0 Å². The summed E-state index contributed by atoms with van der Waals surface area (Å²) < 4.78 is 15.4. The number of carbonyl (C=O) groups is 2. The van der Waals surface area contributed by atoms with Gasteiger partial charge in [-0.25, -0.2) is 0 Å². The molecule has 1 aliphatic heterocycles. The van der Waals surface area contributed by atoms with Gasteiger partial charge in [-0.15, -0.1) is 0 Å². The third kappa shape index (κ3) is 5.21. The van der Waals surface area contributed by atoms with E-state index in [2.05, 4.69) is 32.6 Å². The van der Waals surface area contributed by atoms with Crippen LogP contribution in [0.1, 0.15) is 20.3 Å². The van der Waals surface area contributed by atoms with Crippen molar-refractivity contribution in [3.8, 4) is 0 Å². The molecule has 1 aliphatic rings. The van der Waals surface area contributed by atoms with Crippen LogP contribution in [0.3, 0.4) is 0 Å². The first-order valence-corrected chi connectivity index (χ1v) is 6.83. The zero-order valence-corrected chi connectivity index (χ0v) is 12.6. The van der Waals surface area contributed by atoms with Crippen LogP contribution in [0, 0.1) is 0 Å². The molecule has 1 rings (SSSR count). The van der Waals surface area contributed by atoms with Gasteiger partial charge in [-0.05, 0) is 5.53 Å². The van der Waals surface area contributed by atoms with Crippen molar-refractivity contribution in [3.05, 3.63) is 10.4 Å². The van der Waals surface area contributed by atoms with Crippen molar-refractivity contribution < 1.29 is 23.8 Å². The molecule has 0 radical (unpaired) electrons. The number of rotatable bonds is 4. The number of carbonyl (C=O) groups excluding carboxylic acids is 2. The Morgan fingerprint density at radius 3 is 2.68 bits per heavy atom. The summed E-state index contributed by atoms with van der Waals surface area (Å²) in [6.07, 6.45) is -1.35. The number of hydrogen-bond donors (Lipinski definition) is 0. The number of nitrogens with zero attached hydrogens (tertiary/aromatic N) is 3. The first-order valence-electron chi connectivity index (χ1n) is 5.58. The molecule has 1 fully saturated rings. The third-order valence-corrected chi connectivity index (χ3v) is 3.55. The lowest BCUT2D eigenvalue weighted by atomic mass is 10.0. The van der Waals surface area contributed by atoms with E-state index in [4.69, 9.17) is 19.7 Å². The Balaban J connectivity index is 2.74. The summed E-state index contributed by atoms with van der Waals surface area (Å²) in [4.78, 5) is 24.6. The Morgan fingerprint density at radius 2 is 2.16 bits per heavy atom. The third-order valence-electron chi connectivity index (χ3n) is 2.43. The Labute approximate surface area is 123 Å². The maximum atomic E-state index is 11.0. The second-order valence-electron chi connectivity index (χ2n) is 3.97. The van der Waals surface area contributed by atoms with Gasteiger partial charge in [0.25, 0.3) is 0 Å². The monoisotopic (exact) mass is 383 g/mol. The standard InChI is InChI=1S/C10H14IN3O5/c1-5(15)17-4-9-8(18-6(2)16)3-7(11)10(19-9)13-14-12/h7-10H,3-4H2,1-2H3/t7-,8-,9+,10-/m0/s1. The van der Waals surface area contributed by atoms with Crippen molar-refractivity contribution in [2.45, 2.75) is 42.6 Å². The molecule has 0 aromatic carbocycles. The van der Waals surface area contributed by atoms with Crippen molar-refractivity contribution in [2.75, 3.05) is 6.61 Å². The number of hydrogen-bond acceptors (Lipinski definition) is 6. The molecular weight excluding hydrogens is 369 g/mol. The summed E-state index contributed by atoms with van der Waals surface area (Å²) in [5, 5.41) is 3.53. The van der Waals surface area contributed by atoms with Gasteiger partial charge in [0.05, 0.1) is 0 Å². The van der Waals surface area contributed by atoms with Crippen LogP contribution in [0.15, 0.2) is 5.11 Å². The van der Waals surface area contributed by atoms with Crippen LogP contribution >= 0.6 is 22.6 Å². The molecule has 0 aromatic heterocycles. The number of ether oxygens (including phenoxy) is 3. The van der Waals surface area contributed by atoms with Gasteiger partial charge in [0.15, 0.2) is 0 Å². The van der Waals surface area contributed by atoms with Gasteiger partial charge in [0.2, 0.25) is 0 Å². The molecule has 1 saturated heterocycles. The van der Waals surface area contributed by atoms with E-state index in [-0.39, 0.29) is 10.5 Å². The maximum Gasteiger partial charge on any atom is 0.302 e. The summed E-state index contributed by atoms with van der Waals surface area (Å²) >= 11 is 2.07. The minimum absolute atomic E-state index is 0.0475. The largest absolute Gasteiger partial charge is 0.463 e. The van der Waals surface area contributed by atoms with Gasteiger partial charge in [-0.1, -0.05) is 27.7 Å². The molecular formula is C10H14IN3O5. The van der Waals surface area contributed by atoms with Crippen molar-refractivity contribution in [3.63, 3.8) is 0 Å². The van der Waals surface area contributed by atoms with Gasteiger partial charge < -0.3 is 14.2 Å². The number of esters is 2. The smallest absolute Gasteiger partial charge is 0.302 e. The minimum Gasteiger partial charge on any atom is -0.463 e. The van der Waals surface area contributed by atoms with Crippen LogP contribution in [-0.4, -0.2) is 40.9 Å². The van der Waals surface area contributed by atoms with E-state index in [0.717, 1.165) is 0 Å². The topological polar surface area (TPSA) is 111 Å². The zero-order chi connectivity index (χ0) is 14.4. The van der Waals surface area contributed by atoms with E-state index in [9.17, 15) is 9.59 Å². The fraction of sp³-hybridized carbons (Fsp3) is 0.800. The predicted molar refractivity (Wildman–Crippen MR) is 72.4 cm³/mol. The quantitative estimate of drug-likeness (QED) is 0.183. The average Bonchev–Trinajstić information content (AvgIpc) is 2.30. The van der Waals surface area contributed by atoms with Crippen LogP contribution in [0.2, 0.25) is 0 Å². The number of alkyl halides is 1. The van der Waals surface area contributed by atoms with Crippen molar-refractivity contribution in [1.82, 2.24) is 0 Å². The SMILES string of the molecule is CC(=O)OC[C@H]1O[C@H](N=[N+]=[N-])[C@@H](I)C[C@@H]1OC(C)=O. The van der Waals surface area contributed by atoms with Gasteiger partial charge in [-0.3, -0.25) is 9.59 Å². The molecule has 0 amide bonds. The van der Waals surface area contributed by atoms with Crippen molar-refractivity contribution in [2.24, 2.45) is 5.11 Å². The van der Waals surface area contributed by atoms with E-state index in [0.29, 0.717) is 6.42 Å². The lowest BCUT2D eigenvalue weighted by Gasteiger charge is -2.36. The van der Waals surface area contributed by atoms with Crippen molar-refractivity contribution >= 4 is 34.5 Å². The highest BCUT2D eigenvalue weighted by molar-refractivity contribution is 14.1. The van der Waals surface area contributed by atoms with Gasteiger partial charge in [-0.2, -0.15) is 0 Å². The summed E-state index contributed by atoms with van der Waals surface area (Å²) in [7, 11) is 0. The predicted octanol–water partition coefficient (Wildman–Crippen LogP) is 1.71. The lowest BCUT2D eigenvalue weighted by Crippen LogP contribution is -2.48. The highest BCUT2D eigenvalue weighted by Gasteiger charge is 2.38. The molecule has 19 heavy (non-hydrogen) atoms. The highest BCUT2D eigenvalue weighted by Crippen LogP contribution is 2.29. The number of halogens is 1. The van der Waals surface area contributed by atoms with E-state index in [1.807, 2.05) is 0 Å². The minimum atomic E-state index is -0.669. The Kier molecular flexibility index (Phi) is 6.32. The Hall–Kier alpha value is -1.06. The van der Waals surface area contributed by atoms with Crippen LogP contribution in [0.25, 0.3) is 10.4 Å². The maximum absolute atomic E-state index is 11.0. The van der Waals surface area contributed by atoms with Gasteiger partial charge >= 0.3 is 11.9 Å². The summed E-state index contributed by atoms with van der Waals surface area (Å²) in [6.45, 7) is 2.52. The van der Waals surface area contributed by atoms with Gasteiger partial charge in [0.1, 0.15) is 25.0 Å². The fourth-order valence-corrected chi connectivity index (χ4v) is 2.49. The first-order chi connectivity index (χ1) is 8.93. The molecule has 4 atom stereocenters. The van der Waals surface area contributed by atoms with Gasteiger partial charge in [0, 0.05) is 29.1 Å².